The molecule has 7 rings (SSSR count). The maximum atomic E-state index is 14.3. The Bertz CT molecular complexity index is 1890. The molecule has 3 aromatic carbocycles. The average molecular weight is 638 g/mol. The van der Waals surface area contributed by atoms with Crippen molar-refractivity contribution in [1.29, 1.82) is 0 Å². The van der Waals surface area contributed by atoms with Crippen LogP contribution in [0.25, 0.3) is 21.8 Å². The molecule has 2 aliphatic heterocycles. The quantitative estimate of drug-likeness (QED) is 0.177. The Morgan fingerprint density at radius 3 is 2.59 bits per heavy atom. The number of anilines is 3. The molecule has 1 fully saturated rings. The molecule has 0 saturated carbocycles. The van der Waals surface area contributed by atoms with Crippen molar-refractivity contribution >= 4 is 34.6 Å². The van der Waals surface area contributed by atoms with Crippen molar-refractivity contribution in [2.24, 2.45) is 0 Å². The highest BCUT2D eigenvalue weighted by Crippen LogP contribution is 2.41. The number of nitrogens with one attached hydrogen (secondary N) is 3. The lowest BCUT2D eigenvalue weighted by atomic mass is 9.99. The fourth-order valence-corrected chi connectivity index (χ4v) is 7.28. The Morgan fingerprint density at radius 2 is 1.76 bits per heavy atom. The van der Waals surface area contributed by atoms with Gasteiger partial charge >= 0.3 is 0 Å². The van der Waals surface area contributed by atoms with E-state index in [9.17, 15) is 13.6 Å². The molecule has 5 aromatic rings. The number of carbonyl (C=O) groups excluding carboxylic acids is 1. The SMILES string of the molecule is CN1CCc2ccc(Nc3nccc(-c4sc(C5CCNCC5)nc4-c4cccc(NC(=O)c5c(F)cccc5F)c4)n3)cc2C1. The number of piperidine rings is 1. The molecular weight excluding hydrogens is 604 g/mol. The first-order chi connectivity index (χ1) is 22.4. The van der Waals surface area contributed by atoms with Crippen molar-refractivity contribution in [2.45, 2.75) is 31.7 Å². The third kappa shape index (κ3) is 6.39. The Kier molecular flexibility index (Phi) is 8.53. The van der Waals surface area contributed by atoms with E-state index in [2.05, 4.69) is 51.1 Å². The first-order valence-corrected chi connectivity index (χ1v) is 16.2. The van der Waals surface area contributed by atoms with Crippen molar-refractivity contribution in [2.75, 3.05) is 37.3 Å². The number of amides is 1. The fourth-order valence-electron chi connectivity index (χ4n) is 6.05. The molecule has 4 heterocycles. The predicted octanol–water partition coefficient (Wildman–Crippen LogP) is 7.00. The van der Waals surface area contributed by atoms with Crippen LogP contribution in [0.2, 0.25) is 0 Å². The number of halogens is 2. The van der Waals surface area contributed by atoms with E-state index in [0.717, 1.165) is 90.1 Å². The van der Waals surface area contributed by atoms with Crippen LogP contribution in [0.15, 0.2) is 72.9 Å². The van der Waals surface area contributed by atoms with E-state index in [0.29, 0.717) is 17.6 Å². The number of thiazole rings is 1. The largest absolute Gasteiger partial charge is 0.324 e. The summed E-state index contributed by atoms with van der Waals surface area (Å²) in [6.45, 7) is 3.83. The molecule has 0 aliphatic carbocycles. The highest BCUT2D eigenvalue weighted by molar-refractivity contribution is 7.15. The third-order valence-corrected chi connectivity index (χ3v) is 9.71. The molecule has 1 saturated heterocycles. The standard InChI is InChI=1S/C35H33F2N7OS/c1-44-17-13-21-8-9-26(19-24(21)20-44)41-35-39-16-12-29(42-35)32-31(43-34(46-32)22-10-14-38-15-11-22)23-4-2-5-25(18-23)40-33(45)30-27(36)6-3-7-28(30)37/h2-9,12,16,18-19,22,38H,10-11,13-15,17,20H2,1H3,(H,40,45)(H,39,41,42). The van der Waals surface area contributed by atoms with Gasteiger partial charge in [0.05, 0.1) is 21.3 Å². The van der Waals surface area contributed by atoms with Crippen LogP contribution >= 0.6 is 11.3 Å². The van der Waals surface area contributed by atoms with Gasteiger partial charge in [0.2, 0.25) is 5.95 Å². The highest BCUT2D eigenvalue weighted by atomic mass is 32.1. The van der Waals surface area contributed by atoms with E-state index in [-0.39, 0.29) is 0 Å². The van der Waals surface area contributed by atoms with E-state index in [1.54, 1.807) is 35.7 Å². The second-order valence-electron chi connectivity index (χ2n) is 11.7. The van der Waals surface area contributed by atoms with E-state index >= 15 is 0 Å². The van der Waals surface area contributed by atoms with Crippen molar-refractivity contribution in [3.8, 4) is 21.8 Å². The van der Waals surface area contributed by atoms with Crippen LogP contribution in [-0.2, 0) is 13.0 Å². The van der Waals surface area contributed by atoms with Gasteiger partial charge in [0.1, 0.15) is 17.2 Å². The zero-order valence-corrected chi connectivity index (χ0v) is 26.1. The number of aromatic nitrogens is 3. The molecule has 3 N–H and O–H groups in total. The number of fused-ring (bicyclic) bond motifs is 1. The van der Waals surface area contributed by atoms with E-state index < -0.39 is 23.1 Å². The number of benzene rings is 3. The number of rotatable bonds is 7. The zero-order chi connectivity index (χ0) is 31.6. The number of carbonyl (C=O) groups is 1. The third-order valence-electron chi connectivity index (χ3n) is 8.47. The van der Waals surface area contributed by atoms with Gasteiger partial charge in [-0.25, -0.2) is 23.7 Å². The van der Waals surface area contributed by atoms with E-state index in [1.807, 2.05) is 12.1 Å². The fraction of sp³-hybridized carbons (Fsp3) is 0.257. The highest BCUT2D eigenvalue weighted by Gasteiger charge is 2.24. The molecule has 2 aliphatic rings. The molecule has 0 spiro atoms. The van der Waals surface area contributed by atoms with Gasteiger partial charge in [-0.1, -0.05) is 24.3 Å². The molecule has 2 aromatic heterocycles. The summed E-state index contributed by atoms with van der Waals surface area (Å²) in [5.74, 6) is -1.89. The summed E-state index contributed by atoms with van der Waals surface area (Å²) in [6.07, 6.45) is 4.75. The molecule has 0 bridgehead atoms. The molecule has 234 valence electrons. The molecule has 0 atom stereocenters. The molecule has 8 nitrogen and oxygen atoms in total. The van der Waals surface area contributed by atoms with E-state index in [1.165, 1.54) is 17.2 Å². The minimum absolute atomic E-state index is 0.318. The predicted molar refractivity (Wildman–Crippen MR) is 177 cm³/mol. The molecular formula is C35H33F2N7OS. The monoisotopic (exact) mass is 637 g/mol. The Labute approximate surface area is 269 Å². The molecule has 1 amide bonds. The van der Waals surface area contributed by atoms with E-state index in [4.69, 9.17) is 9.97 Å². The normalized spacial score (nSPS) is 15.4. The number of likely N-dealkylation sites (N-methyl/N-ethyl adjacent to an activating group) is 1. The number of hydrogen-bond acceptors (Lipinski definition) is 8. The van der Waals surface area contributed by atoms with Crippen molar-refractivity contribution in [3.63, 3.8) is 0 Å². The summed E-state index contributed by atoms with van der Waals surface area (Å²) in [6, 6.07) is 18.8. The minimum atomic E-state index is -0.919. The van der Waals surface area contributed by atoms with Crippen LogP contribution in [0.4, 0.5) is 26.1 Å². The lowest BCUT2D eigenvalue weighted by Crippen LogP contribution is -2.26. The second kappa shape index (κ2) is 13.0. The topological polar surface area (TPSA) is 95.1 Å². The number of hydrogen-bond donors (Lipinski definition) is 3. The lowest BCUT2D eigenvalue weighted by molar-refractivity contribution is 0.101. The number of nitrogens with zero attached hydrogens (tertiary/aromatic N) is 4. The summed E-state index contributed by atoms with van der Waals surface area (Å²) >= 11 is 1.62. The molecule has 0 unspecified atom stereocenters. The van der Waals surface area contributed by atoms with Crippen LogP contribution in [-0.4, -0.2) is 52.4 Å². The summed E-state index contributed by atoms with van der Waals surface area (Å²) in [4.78, 5) is 30.6. The Morgan fingerprint density at radius 1 is 0.957 bits per heavy atom. The van der Waals surface area contributed by atoms with Crippen LogP contribution in [0.1, 0.15) is 45.3 Å². The summed E-state index contributed by atoms with van der Waals surface area (Å²) in [7, 11) is 2.13. The second-order valence-corrected chi connectivity index (χ2v) is 12.8. The Hall–Kier alpha value is -4.58. The zero-order valence-electron chi connectivity index (χ0n) is 25.3. The lowest BCUT2D eigenvalue weighted by Gasteiger charge is -2.25. The van der Waals surface area contributed by atoms with Crippen LogP contribution in [0, 0.1) is 11.6 Å². The van der Waals surface area contributed by atoms with Gasteiger partial charge in [0.15, 0.2) is 0 Å². The summed E-state index contributed by atoms with van der Waals surface area (Å²) < 4.78 is 28.6. The maximum absolute atomic E-state index is 14.3. The van der Waals surface area contributed by atoms with Crippen LogP contribution in [0.3, 0.4) is 0 Å². The van der Waals surface area contributed by atoms with Gasteiger partial charge in [-0.2, -0.15) is 0 Å². The Balaban J connectivity index is 1.21. The maximum Gasteiger partial charge on any atom is 0.261 e. The molecule has 0 radical (unpaired) electrons. The summed E-state index contributed by atoms with van der Waals surface area (Å²) in [5, 5.41) is 10.5. The van der Waals surface area contributed by atoms with Crippen LogP contribution < -0.4 is 16.0 Å². The first-order valence-electron chi connectivity index (χ1n) is 15.4. The van der Waals surface area contributed by atoms with Gasteiger partial charge < -0.3 is 20.9 Å². The van der Waals surface area contributed by atoms with Crippen molar-refractivity contribution in [3.05, 3.63) is 106 Å². The average Bonchev–Trinajstić information content (AvgIpc) is 3.51. The molecule has 46 heavy (non-hydrogen) atoms. The summed E-state index contributed by atoms with van der Waals surface area (Å²) in [5.41, 5.74) is 5.59. The molecule has 11 heteroatoms. The van der Waals surface area contributed by atoms with Crippen molar-refractivity contribution in [1.82, 2.24) is 25.2 Å². The van der Waals surface area contributed by atoms with Crippen molar-refractivity contribution < 1.29 is 13.6 Å². The van der Waals surface area contributed by atoms with Gasteiger partial charge in [0, 0.05) is 42.1 Å². The van der Waals surface area contributed by atoms with Gasteiger partial charge in [-0.05, 0) is 93.0 Å². The van der Waals surface area contributed by atoms with Crippen LogP contribution in [0.5, 0.6) is 0 Å². The van der Waals surface area contributed by atoms with Gasteiger partial charge in [-0.3, -0.25) is 4.79 Å². The first kappa shape index (κ1) is 30.1. The smallest absolute Gasteiger partial charge is 0.261 e. The van der Waals surface area contributed by atoms with Gasteiger partial charge in [0.25, 0.3) is 5.91 Å². The minimum Gasteiger partial charge on any atom is -0.324 e. The van der Waals surface area contributed by atoms with Gasteiger partial charge in [-0.15, -0.1) is 11.3 Å².